The summed E-state index contributed by atoms with van der Waals surface area (Å²) in [7, 11) is 0. The van der Waals surface area contributed by atoms with Gasteiger partial charge >= 0.3 is 0 Å². The molecule has 0 aliphatic rings. The summed E-state index contributed by atoms with van der Waals surface area (Å²) in [6.07, 6.45) is 4.96. The van der Waals surface area contributed by atoms with Gasteiger partial charge in [-0.3, -0.25) is 9.59 Å². The van der Waals surface area contributed by atoms with Crippen molar-refractivity contribution in [1.82, 2.24) is 0 Å². The Balaban J connectivity index is -0.000000150. The van der Waals surface area contributed by atoms with Crippen LogP contribution in [0.5, 0.6) is 0 Å². The number of carboxylic acid groups (broad SMARTS) is 2. The van der Waals surface area contributed by atoms with E-state index in [4.69, 9.17) is 45.8 Å². The van der Waals surface area contributed by atoms with E-state index >= 15 is 0 Å². The molecule has 0 aromatic heterocycles. The van der Waals surface area contributed by atoms with Crippen LogP contribution in [0.4, 0.5) is 0 Å². The maximum Gasteiger partial charge on any atom is 0.300 e. The van der Waals surface area contributed by atoms with Crippen LogP contribution in [0.1, 0.15) is 46.5 Å². The van der Waals surface area contributed by atoms with E-state index in [0.29, 0.717) is 32.9 Å². The SMILES string of the molecule is CC(=O)O.CC(=O)O.CCCCCCOCCOCCO.NCCN. The molecular weight excluding hydrogens is 332 g/mol. The van der Waals surface area contributed by atoms with Gasteiger partial charge in [0.05, 0.1) is 26.4 Å². The fourth-order valence-electron chi connectivity index (χ4n) is 1.02. The minimum atomic E-state index is -0.833. The van der Waals surface area contributed by atoms with Crippen molar-refractivity contribution in [2.45, 2.75) is 46.5 Å². The largest absolute Gasteiger partial charge is 0.481 e. The fourth-order valence-corrected chi connectivity index (χ4v) is 1.02. The van der Waals surface area contributed by atoms with Crippen molar-refractivity contribution in [3.05, 3.63) is 0 Å². The van der Waals surface area contributed by atoms with Crippen molar-refractivity contribution in [2.24, 2.45) is 11.5 Å². The van der Waals surface area contributed by atoms with E-state index in [1.807, 2.05) is 0 Å². The van der Waals surface area contributed by atoms with Gasteiger partial charge in [0.1, 0.15) is 0 Å². The lowest BCUT2D eigenvalue weighted by Gasteiger charge is -2.04. The summed E-state index contributed by atoms with van der Waals surface area (Å²) >= 11 is 0. The minimum absolute atomic E-state index is 0.0938. The summed E-state index contributed by atoms with van der Waals surface area (Å²) in [6, 6.07) is 0. The Labute approximate surface area is 151 Å². The highest BCUT2D eigenvalue weighted by molar-refractivity contribution is 5.63. The summed E-state index contributed by atoms with van der Waals surface area (Å²) in [5, 5.41) is 23.2. The zero-order chi connectivity index (χ0) is 20.3. The van der Waals surface area contributed by atoms with Gasteiger partial charge in [-0.15, -0.1) is 0 Å². The number of carbonyl (C=O) groups is 2. The molecular formula is C16H38N2O7. The summed E-state index contributed by atoms with van der Waals surface area (Å²) in [6.45, 7) is 8.14. The number of ether oxygens (including phenoxy) is 2. The number of hydrogen-bond donors (Lipinski definition) is 5. The van der Waals surface area contributed by atoms with Crippen molar-refractivity contribution >= 4 is 11.9 Å². The van der Waals surface area contributed by atoms with Gasteiger partial charge in [0.2, 0.25) is 0 Å². The standard InChI is InChI=1S/C10H22O3.C2H8N2.2C2H4O2/c1-2-3-4-5-7-12-9-10-13-8-6-11;3-1-2-4;2*1-2(3)4/h11H,2-10H2,1H3;1-4H2;2*1H3,(H,3,4). The summed E-state index contributed by atoms with van der Waals surface area (Å²) in [5.74, 6) is -1.67. The molecule has 0 bridgehead atoms. The molecule has 9 nitrogen and oxygen atoms in total. The van der Waals surface area contributed by atoms with Crippen LogP contribution in [0.15, 0.2) is 0 Å². The van der Waals surface area contributed by atoms with Gasteiger partial charge in [-0.25, -0.2) is 0 Å². The average molecular weight is 370 g/mol. The molecule has 0 unspecified atom stereocenters. The minimum Gasteiger partial charge on any atom is -0.481 e. The molecule has 0 atom stereocenters. The number of unbranched alkanes of at least 4 members (excludes halogenated alkanes) is 3. The van der Waals surface area contributed by atoms with Gasteiger partial charge in [-0.05, 0) is 6.42 Å². The highest BCUT2D eigenvalue weighted by Gasteiger charge is 1.90. The topological polar surface area (TPSA) is 165 Å². The smallest absolute Gasteiger partial charge is 0.300 e. The first-order chi connectivity index (χ1) is 11.8. The van der Waals surface area contributed by atoms with E-state index in [1.165, 1.54) is 19.3 Å². The Morgan fingerprint density at radius 3 is 1.52 bits per heavy atom. The van der Waals surface area contributed by atoms with Gasteiger partial charge in [0.15, 0.2) is 0 Å². The molecule has 0 aliphatic carbocycles. The molecule has 0 saturated heterocycles. The molecule has 0 aliphatic heterocycles. The molecule has 0 aromatic carbocycles. The average Bonchev–Trinajstić information content (AvgIpc) is 2.52. The second-order valence-electron chi connectivity index (χ2n) is 4.62. The molecule has 0 saturated carbocycles. The van der Waals surface area contributed by atoms with E-state index in [1.54, 1.807) is 0 Å². The highest BCUT2D eigenvalue weighted by atomic mass is 16.5. The number of aliphatic hydroxyl groups excluding tert-OH is 1. The lowest BCUT2D eigenvalue weighted by Crippen LogP contribution is -2.11. The number of carboxylic acids is 2. The molecule has 0 aromatic rings. The van der Waals surface area contributed by atoms with Crippen LogP contribution in [0, 0.1) is 0 Å². The van der Waals surface area contributed by atoms with Crippen molar-refractivity contribution in [3.8, 4) is 0 Å². The van der Waals surface area contributed by atoms with Crippen LogP contribution >= 0.6 is 0 Å². The maximum atomic E-state index is 9.00. The molecule has 7 N–H and O–H groups in total. The third-order valence-electron chi connectivity index (χ3n) is 1.92. The van der Waals surface area contributed by atoms with Crippen molar-refractivity contribution in [1.29, 1.82) is 0 Å². The van der Waals surface area contributed by atoms with E-state index < -0.39 is 11.9 Å². The number of rotatable bonds is 11. The van der Waals surface area contributed by atoms with Crippen LogP contribution in [0.2, 0.25) is 0 Å². The van der Waals surface area contributed by atoms with Crippen LogP contribution in [-0.2, 0) is 19.1 Å². The highest BCUT2D eigenvalue weighted by Crippen LogP contribution is 1.98. The predicted molar refractivity (Wildman–Crippen MR) is 97.6 cm³/mol. The quantitative estimate of drug-likeness (QED) is 0.329. The third kappa shape index (κ3) is 103. The second kappa shape index (κ2) is 34.2. The van der Waals surface area contributed by atoms with Crippen LogP contribution < -0.4 is 11.5 Å². The number of aliphatic hydroxyl groups is 1. The first kappa shape index (κ1) is 31.5. The summed E-state index contributed by atoms with van der Waals surface area (Å²) in [5.41, 5.74) is 9.81. The predicted octanol–water partition coefficient (Wildman–Crippen LogP) is 0.678. The number of aliphatic carboxylic acids is 2. The van der Waals surface area contributed by atoms with Crippen molar-refractivity contribution in [3.63, 3.8) is 0 Å². The summed E-state index contributed by atoms with van der Waals surface area (Å²) < 4.78 is 10.4. The van der Waals surface area contributed by atoms with Gasteiger partial charge < -0.3 is 36.3 Å². The molecule has 0 spiro atoms. The lowest BCUT2D eigenvalue weighted by molar-refractivity contribution is -0.135. The van der Waals surface area contributed by atoms with E-state index in [0.717, 1.165) is 26.9 Å². The van der Waals surface area contributed by atoms with E-state index in [2.05, 4.69) is 6.92 Å². The molecule has 0 heterocycles. The Morgan fingerprint density at radius 2 is 1.20 bits per heavy atom. The number of nitrogens with two attached hydrogens (primary N) is 2. The molecule has 154 valence electrons. The van der Waals surface area contributed by atoms with Crippen molar-refractivity contribution < 1.29 is 34.4 Å². The third-order valence-corrected chi connectivity index (χ3v) is 1.92. The van der Waals surface area contributed by atoms with Gasteiger partial charge in [0, 0.05) is 33.5 Å². The van der Waals surface area contributed by atoms with Crippen LogP contribution in [0.3, 0.4) is 0 Å². The first-order valence-electron chi connectivity index (χ1n) is 8.35. The van der Waals surface area contributed by atoms with Gasteiger partial charge in [-0.1, -0.05) is 26.2 Å². The van der Waals surface area contributed by atoms with Crippen LogP contribution in [-0.4, -0.2) is 73.4 Å². The molecule has 0 rings (SSSR count). The molecule has 25 heavy (non-hydrogen) atoms. The number of hydrogen-bond acceptors (Lipinski definition) is 7. The molecule has 0 amide bonds. The van der Waals surface area contributed by atoms with Crippen molar-refractivity contribution in [2.75, 3.05) is 46.1 Å². The van der Waals surface area contributed by atoms with E-state index in [-0.39, 0.29) is 6.61 Å². The Bertz CT molecular complexity index is 223. The monoisotopic (exact) mass is 370 g/mol. The van der Waals surface area contributed by atoms with Gasteiger partial charge in [0.25, 0.3) is 11.9 Å². The normalized spacial score (nSPS) is 8.72. The Kier molecular flexibility index (Phi) is 43.0. The maximum absolute atomic E-state index is 9.00. The van der Waals surface area contributed by atoms with E-state index in [9.17, 15) is 0 Å². The van der Waals surface area contributed by atoms with Crippen LogP contribution in [0.25, 0.3) is 0 Å². The summed E-state index contributed by atoms with van der Waals surface area (Å²) in [4.78, 5) is 18.0. The zero-order valence-corrected chi connectivity index (χ0v) is 15.9. The lowest BCUT2D eigenvalue weighted by atomic mass is 10.2. The molecule has 0 radical (unpaired) electrons. The zero-order valence-electron chi connectivity index (χ0n) is 15.9. The van der Waals surface area contributed by atoms with Gasteiger partial charge in [-0.2, -0.15) is 0 Å². The second-order valence-corrected chi connectivity index (χ2v) is 4.62. The first-order valence-corrected chi connectivity index (χ1v) is 8.35. The Morgan fingerprint density at radius 1 is 0.800 bits per heavy atom. The molecule has 9 heteroatoms. The Hall–Kier alpha value is -1.26. The molecule has 0 fully saturated rings. The fraction of sp³-hybridized carbons (Fsp3) is 0.875.